The first-order valence-corrected chi connectivity index (χ1v) is 8.18. The summed E-state index contributed by atoms with van der Waals surface area (Å²) in [6.07, 6.45) is 0. The van der Waals surface area contributed by atoms with E-state index in [0.717, 1.165) is 37.2 Å². The van der Waals surface area contributed by atoms with Crippen LogP contribution >= 0.6 is 15.9 Å². The van der Waals surface area contributed by atoms with E-state index in [1.807, 2.05) is 0 Å². The third kappa shape index (κ3) is 3.54. The van der Waals surface area contributed by atoms with Crippen molar-refractivity contribution in [2.45, 2.75) is 32.9 Å². The van der Waals surface area contributed by atoms with Gasteiger partial charge < -0.3 is 10.2 Å². The first-order chi connectivity index (χ1) is 9.44. The molecular formula is C16H26BrN3. The zero-order chi connectivity index (χ0) is 14.8. The molecule has 1 fully saturated rings. The van der Waals surface area contributed by atoms with Crippen LogP contribution in [0.5, 0.6) is 0 Å². The maximum Gasteiger partial charge on any atom is 0.0424 e. The van der Waals surface area contributed by atoms with E-state index in [1.54, 1.807) is 0 Å². The molecule has 1 aromatic rings. The van der Waals surface area contributed by atoms with E-state index in [1.165, 1.54) is 11.3 Å². The van der Waals surface area contributed by atoms with Crippen molar-refractivity contribution in [2.75, 3.05) is 38.1 Å². The van der Waals surface area contributed by atoms with Crippen LogP contribution in [0.25, 0.3) is 0 Å². The summed E-state index contributed by atoms with van der Waals surface area (Å²) in [7, 11) is 2.22. The molecule has 0 saturated carbocycles. The van der Waals surface area contributed by atoms with Crippen LogP contribution in [0.1, 0.15) is 26.3 Å². The highest BCUT2D eigenvalue weighted by Crippen LogP contribution is 2.29. The topological polar surface area (TPSA) is 18.5 Å². The van der Waals surface area contributed by atoms with Gasteiger partial charge in [0.25, 0.3) is 0 Å². The minimum atomic E-state index is 0.218. The number of hydrogen-bond acceptors (Lipinski definition) is 3. The van der Waals surface area contributed by atoms with Crippen molar-refractivity contribution in [3.8, 4) is 0 Å². The molecule has 0 radical (unpaired) electrons. The van der Waals surface area contributed by atoms with E-state index in [0.29, 0.717) is 0 Å². The lowest BCUT2D eigenvalue weighted by atomic mass is 9.98. The Hall–Kier alpha value is -0.580. The number of benzene rings is 1. The van der Waals surface area contributed by atoms with Crippen molar-refractivity contribution in [1.29, 1.82) is 0 Å². The van der Waals surface area contributed by atoms with E-state index in [-0.39, 0.29) is 5.54 Å². The molecule has 2 rings (SSSR count). The molecule has 0 atom stereocenters. The van der Waals surface area contributed by atoms with Crippen molar-refractivity contribution in [2.24, 2.45) is 0 Å². The van der Waals surface area contributed by atoms with Gasteiger partial charge in [-0.2, -0.15) is 0 Å². The summed E-state index contributed by atoms with van der Waals surface area (Å²) in [6.45, 7) is 12.0. The average Bonchev–Trinajstić information content (AvgIpc) is 2.40. The van der Waals surface area contributed by atoms with Crippen LogP contribution in [0.4, 0.5) is 5.69 Å². The van der Waals surface area contributed by atoms with Gasteiger partial charge in [0.1, 0.15) is 0 Å². The molecule has 0 spiro atoms. The van der Waals surface area contributed by atoms with Crippen LogP contribution < -0.4 is 10.2 Å². The zero-order valence-electron chi connectivity index (χ0n) is 13.0. The van der Waals surface area contributed by atoms with Gasteiger partial charge in [-0.15, -0.1) is 0 Å². The van der Waals surface area contributed by atoms with Crippen molar-refractivity contribution >= 4 is 21.6 Å². The Morgan fingerprint density at radius 1 is 1.30 bits per heavy atom. The summed E-state index contributed by atoms with van der Waals surface area (Å²) in [5, 5.41) is 3.44. The minimum Gasteiger partial charge on any atom is -0.368 e. The maximum absolute atomic E-state index is 3.61. The lowest BCUT2D eigenvalue weighted by Crippen LogP contribution is -2.57. The van der Waals surface area contributed by atoms with Gasteiger partial charge in [0, 0.05) is 41.9 Å². The number of hydrogen-bond donors (Lipinski definition) is 1. The fraction of sp³-hybridized carbons (Fsp3) is 0.625. The standard InChI is InChI=1S/C16H26BrN3/c1-5-18-11-13-6-7-14(17)10-15(13)20-9-8-19(4)16(2,3)12-20/h6-7,10,18H,5,8-9,11-12H2,1-4H3. The Kier molecular flexibility index (Phi) is 5.10. The molecule has 0 amide bonds. The number of likely N-dealkylation sites (N-methyl/N-ethyl adjacent to an activating group) is 1. The molecule has 0 bridgehead atoms. The number of piperazine rings is 1. The van der Waals surface area contributed by atoms with E-state index in [2.05, 4.69) is 77.1 Å². The summed E-state index contributed by atoms with van der Waals surface area (Å²) in [5.74, 6) is 0. The zero-order valence-corrected chi connectivity index (χ0v) is 14.6. The van der Waals surface area contributed by atoms with Gasteiger partial charge in [-0.05, 0) is 45.1 Å². The molecule has 0 unspecified atom stereocenters. The Morgan fingerprint density at radius 2 is 2.05 bits per heavy atom. The molecule has 4 heteroatoms. The van der Waals surface area contributed by atoms with E-state index in [4.69, 9.17) is 0 Å². The lowest BCUT2D eigenvalue weighted by molar-refractivity contribution is 0.139. The van der Waals surface area contributed by atoms with Crippen molar-refractivity contribution < 1.29 is 0 Å². The number of anilines is 1. The lowest BCUT2D eigenvalue weighted by Gasteiger charge is -2.46. The van der Waals surface area contributed by atoms with Gasteiger partial charge in [-0.25, -0.2) is 0 Å². The van der Waals surface area contributed by atoms with Gasteiger partial charge in [-0.3, -0.25) is 4.90 Å². The van der Waals surface area contributed by atoms with E-state index >= 15 is 0 Å². The summed E-state index contributed by atoms with van der Waals surface area (Å²) >= 11 is 3.61. The van der Waals surface area contributed by atoms with Crippen LogP contribution in [0.2, 0.25) is 0 Å². The van der Waals surface area contributed by atoms with Gasteiger partial charge in [0.05, 0.1) is 0 Å². The largest absolute Gasteiger partial charge is 0.368 e. The molecular weight excluding hydrogens is 314 g/mol. The molecule has 20 heavy (non-hydrogen) atoms. The Bertz CT molecular complexity index is 459. The maximum atomic E-state index is 3.61. The number of nitrogens with one attached hydrogen (secondary N) is 1. The molecule has 3 nitrogen and oxygen atoms in total. The second kappa shape index (κ2) is 6.46. The van der Waals surface area contributed by atoms with Crippen molar-refractivity contribution in [3.63, 3.8) is 0 Å². The quantitative estimate of drug-likeness (QED) is 0.909. The van der Waals surface area contributed by atoms with Crippen LogP contribution in [-0.4, -0.2) is 43.7 Å². The second-order valence-electron chi connectivity index (χ2n) is 6.21. The van der Waals surface area contributed by atoms with Gasteiger partial charge in [-0.1, -0.05) is 28.9 Å². The van der Waals surface area contributed by atoms with Gasteiger partial charge in [0.2, 0.25) is 0 Å². The normalized spacial score (nSPS) is 19.4. The van der Waals surface area contributed by atoms with Gasteiger partial charge in [0.15, 0.2) is 0 Å². The smallest absolute Gasteiger partial charge is 0.0424 e. The van der Waals surface area contributed by atoms with E-state index < -0.39 is 0 Å². The molecule has 0 aromatic heterocycles. The molecule has 1 aliphatic rings. The predicted octanol–water partition coefficient (Wildman–Crippen LogP) is 3.09. The molecule has 1 N–H and O–H groups in total. The Balaban J connectivity index is 2.24. The molecule has 1 aliphatic heterocycles. The monoisotopic (exact) mass is 339 g/mol. The summed E-state index contributed by atoms with van der Waals surface area (Å²) in [5.41, 5.74) is 2.97. The van der Waals surface area contributed by atoms with Crippen molar-refractivity contribution in [3.05, 3.63) is 28.2 Å². The number of nitrogens with zero attached hydrogens (tertiary/aromatic N) is 2. The highest BCUT2D eigenvalue weighted by atomic mass is 79.9. The molecule has 1 heterocycles. The summed E-state index contributed by atoms with van der Waals surface area (Å²) in [4.78, 5) is 4.98. The average molecular weight is 340 g/mol. The minimum absolute atomic E-state index is 0.218. The summed E-state index contributed by atoms with van der Waals surface area (Å²) in [6, 6.07) is 6.62. The first kappa shape index (κ1) is 15.8. The molecule has 112 valence electrons. The van der Waals surface area contributed by atoms with Crippen LogP contribution in [0.3, 0.4) is 0 Å². The molecule has 0 aliphatic carbocycles. The summed E-state index contributed by atoms with van der Waals surface area (Å²) < 4.78 is 1.16. The Morgan fingerprint density at radius 3 is 2.70 bits per heavy atom. The van der Waals surface area contributed by atoms with E-state index in [9.17, 15) is 0 Å². The second-order valence-corrected chi connectivity index (χ2v) is 7.12. The number of halogens is 1. The molecule has 1 aromatic carbocycles. The van der Waals surface area contributed by atoms with Crippen LogP contribution in [-0.2, 0) is 6.54 Å². The van der Waals surface area contributed by atoms with Gasteiger partial charge >= 0.3 is 0 Å². The highest BCUT2D eigenvalue weighted by molar-refractivity contribution is 9.10. The van der Waals surface area contributed by atoms with Crippen molar-refractivity contribution in [1.82, 2.24) is 10.2 Å². The third-order valence-electron chi connectivity index (χ3n) is 4.27. The SMILES string of the molecule is CCNCc1ccc(Br)cc1N1CCN(C)C(C)(C)C1. The first-order valence-electron chi connectivity index (χ1n) is 7.39. The molecule has 1 saturated heterocycles. The number of rotatable bonds is 4. The third-order valence-corrected chi connectivity index (χ3v) is 4.76. The fourth-order valence-electron chi connectivity index (χ4n) is 2.69. The highest BCUT2D eigenvalue weighted by Gasteiger charge is 2.31. The Labute approximate surface area is 131 Å². The predicted molar refractivity (Wildman–Crippen MR) is 90.4 cm³/mol. The fourth-order valence-corrected chi connectivity index (χ4v) is 3.04. The van der Waals surface area contributed by atoms with Crippen LogP contribution in [0, 0.1) is 0 Å². The van der Waals surface area contributed by atoms with Crippen LogP contribution in [0.15, 0.2) is 22.7 Å².